The molecule has 3 aliphatic heterocycles. The topological polar surface area (TPSA) is 92.7 Å². The van der Waals surface area contributed by atoms with Crippen LogP contribution in [0.15, 0.2) is 51.6 Å². The highest BCUT2D eigenvalue weighted by Crippen LogP contribution is 2.45. The zero-order chi connectivity index (χ0) is 24.8. The van der Waals surface area contributed by atoms with E-state index >= 15 is 0 Å². The first-order chi connectivity index (χ1) is 17.0. The van der Waals surface area contributed by atoms with Gasteiger partial charge in [0.15, 0.2) is 5.17 Å². The molecule has 1 amide bonds. The van der Waals surface area contributed by atoms with Crippen LogP contribution in [0.1, 0.15) is 31.9 Å². The summed E-state index contributed by atoms with van der Waals surface area (Å²) in [5.74, 6) is 0.256. The van der Waals surface area contributed by atoms with Crippen molar-refractivity contribution in [2.45, 2.75) is 26.3 Å². The average Bonchev–Trinajstić information content (AvgIpc) is 3.25. The van der Waals surface area contributed by atoms with Crippen LogP contribution in [0.25, 0.3) is 0 Å². The molecule has 0 aromatic heterocycles. The van der Waals surface area contributed by atoms with E-state index in [1.807, 2.05) is 41.5 Å². The third-order valence-corrected chi connectivity index (χ3v) is 7.01. The number of nitrogens with zero attached hydrogens (tertiary/aromatic N) is 3. The molecule has 1 fully saturated rings. The molecule has 3 aliphatic rings. The lowest BCUT2D eigenvalue weighted by molar-refractivity contribution is -0.139. The maximum atomic E-state index is 13.0. The van der Waals surface area contributed by atoms with E-state index in [2.05, 4.69) is 15.2 Å². The van der Waals surface area contributed by atoms with Gasteiger partial charge in [-0.2, -0.15) is 0 Å². The first kappa shape index (κ1) is 25.3. The van der Waals surface area contributed by atoms with Crippen LogP contribution >= 0.6 is 11.8 Å². The zero-order valence-corrected chi connectivity index (χ0v) is 21.2. The molecule has 0 unspecified atom stereocenters. The monoisotopic (exact) mass is 500 g/mol. The summed E-state index contributed by atoms with van der Waals surface area (Å²) in [5, 5.41) is 5.71. The number of amidine groups is 1. The van der Waals surface area contributed by atoms with Crippen LogP contribution in [0, 0.1) is 0 Å². The van der Waals surface area contributed by atoms with E-state index in [9.17, 15) is 9.59 Å². The molecule has 1 atom stereocenters. The van der Waals surface area contributed by atoms with E-state index in [4.69, 9.17) is 14.2 Å². The van der Waals surface area contributed by atoms with Gasteiger partial charge in [0.25, 0.3) is 0 Å². The van der Waals surface area contributed by atoms with Crippen LogP contribution in [-0.4, -0.2) is 80.0 Å². The van der Waals surface area contributed by atoms with Crippen LogP contribution in [0.4, 0.5) is 0 Å². The van der Waals surface area contributed by atoms with Crippen molar-refractivity contribution in [2.24, 2.45) is 4.99 Å². The van der Waals surface area contributed by atoms with E-state index in [0.29, 0.717) is 17.8 Å². The molecule has 1 saturated heterocycles. The number of esters is 1. The van der Waals surface area contributed by atoms with E-state index in [0.717, 1.165) is 55.0 Å². The highest BCUT2D eigenvalue weighted by Gasteiger charge is 2.41. The number of carbonyl (C=O) groups is 2. The summed E-state index contributed by atoms with van der Waals surface area (Å²) in [6, 6.07) is 7.15. The van der Waals surface area contributed by atoms with Crippen molar-refractivity contribution in [2.75, 3.05) is 53.1 Å². The molecule has 1 aromatic carbocycles. The van der Waals surface area contributed by atoms with Gasteiger partial charge >= 0.3 is 5.97 Å². The fourth-order valence-electron chi connectivity index (χ4n) is 4.35. The van der Waals surface area contributed by atoms with Gasteiger partial charge < -0.3 is 24.4 Å². The number of rotatable bonds is 9. The van der Waals surface area contributed by atoms with Crippen LogP contribution in [0.2, 0.25) is 0 Å². The van der Waals surface area contributed by atoms with Crippen molar-refractivity contribution >= 4 is 28.8 Å². The second kappa shape index (κ2) is 11.7. The number of thioether (sulfide) groups is 1. The van der Waals surface area contributed by atoms with Gasteiger partial charge in [0.05, 0.1) is 50.7 Å². The largest absolute Gasteiger partial charge is 0.497 e. The van der Waals surface area contributed by atoms with Crippen molar-refractivity contribution < 1.29 is 23.8 Å². The third kappa shape index (κ3) is 5.88. The molecule has 3 heterocycles. The molecule has 1 aromatic rings. The van der Waals surface area contributed by atoms with Gasteiger partial charge in [0.2, 0.25) is 5.91 Å². The van der Waals surface area contributed by atoms with Crippen LogP contribution in [0.3, 0.4) is 0 Å². The van der Waals surface area contributed by atoms with Crippen molar-refractivity contribution in [1.29, 1.82) is 0 Å². The summed E-state index contributed by atoms with van der Waals surface area (Å²) < 4.78 is 16.1. The smallest absolute Gasteiger partial charge is 0.338 e. The second-order valence-corrected chi connectivity index (χ2v) is 9.20. The molecule has 9 nitrogen and oxygen atoms in total. The Morgan fingerprint density at radius 1 is 1.23 bits per heavy atom. The number of morpholine rings is 1. The predicted octanol–water partition coefficient (Wildman–Crippen LogP) is 2.67. The molecule has 0 aliphatic carbocycles. The second-order valence-electron chi connectivity index (χ2n) is 8.37. The summed E-state index contributed by atoms with van der Waals surface area (Å²) in [4.78, 5) is 34.8. The quantitative estimate of drug-likeness (QED) is 0.518. The Labute approximate surface area is 210 Å². The van der Waals surface area contributed by atoms with Crippen molar-refractivity contribution in [3.05, 3.63) is 52.2 Å². The van der Waals surface area contributed by atoms with E-state index in [1.54, 1.807) is 14.0 Å². The van der Waals surface area contributed by atoms with Gasteiger partial charge in [-0.25, -0.2) is 9.79 Å². The Hall–Kier alpha value is -2.82. The maximum Gasteiger partial charge on any atom is 0.338 e. The average molecular weight is 501 g/mol. The summed E-state index contributed by atoms with van der Waals surface area (Å²) in [7, 11) is 1.62. The summed E-state index contributed by atoms with van der Waals surface area (Å²) in [5.41, 5.74) is 2.78. The Balaban J connectivity index is 1.52. The number of aliphatic imine (C=N–C) groups is 1. The maximum absolute atomic E-state index is 13.0. The molecular weight excluding hydrogens is 468 g/mol. The molecule has 1 N–H and O–H groups in total. The number of ether oxygens (including phenoxy) is 3. The highest BCUT2D eigenvalue weighted by molar-refractivity contribution is 8.16. The standard InChI is InChI=1S/C25H32N4O5S/c1-4-34-24(31)22-17(2)27-25-29(23(22)18-5-7-20(32-3)8-6-18)19(16-35-25)15-21(30)26-9-10-28-11-13-33-14-12-28/h5-8,16,23H,4,9-15H2,1-3H3,(H,26,30)/t23-/m0/s1. The molecule has 35 heavy (non-hydrogen) atoms. The minimum atomic E-state index is -0.449. The number of nitrogens with one attached hydrogen (secondary N) is 1. The minimum absolute atomic E-state index is 0.0659. The highest BCUT2D eigenvalue weighted by atomic mass is 32.2. The van der Waals surface area contributed by atoms with Crippen molar-refractivity contribution in [1.82, 2.24) is 15.1 Å². The van der Waals surface area contributed by atoms with Gasteiger partial charge in [-0.15, -0.1) is 0 Å². The van der Waals surface area contributed by atoms with Crippen molar-refractivity contribution in [3.8, 4) is 5.75 Å². The molecule has 4 rings (SSSR count). The number of fused-ring (bicyclic) bond motifs is 1. The molecule has 10 heteroatoms. The van der Waals surface area contributed by atoms with Crippen LogP contribution in [-0.2, 0) is 19.1 Å². The molecule has 0 spiro atoms. The number of carbonyl (C=O) groups excluding carboxylic acids is 2. The Bertz CT molecular complexity index is 1030. The Morgan fingerprint density at radius 3 is 2.66 bits per heavy atom. The number of hydrogen-bond acceptors (Lipinski definition) is 9. The first-order valence-corrected chi connectivity index (χ1v) is 12.7. The fraction of sp³-hybridized carbons (Fsp3) is 0.480. The third-order valence-electron chi connectivity index (χ3n) is 6.12. The minimum Gasteiger partial charge on any atom is -0.497 e. The lowest BCUT2D eigenvalue weighted by Gasteiger charge is -2.36. The summed E-state index contributed by atoms with van der Waals surface area (Å²) in [6.07, 6.45) is 0.191. The number of benzene rings is 1. The normalized spacial score (nSPS) is 20.2. The zero-order valence-electron chi connectivity index (χ0n) is 20.4. The van der Waals surface area contributed by atoms with Crippen molar-refractivity contribution in [3.63, 3.8) is 0 Å². The fourth-order valence-corrected chi connectivity index (χ4v) is 5.31. The molecule has 0 radical (unpaired) electrons. The lowest BCUT2D eigenvalue weighted by Crippen LogP contribution is -2.42. The Morgan fingerprint density at radius 2 is 1.97 bits per heavy atom. The number of methoxy groups -OCH3 is 1. The van der Waals surface area contributed by atoms with E-state index in [-0.39, 0.29) is 18.9 Å². The van der Waals surface area contributed by atoms with Gasteiger partial charge in [0, 0.05) is 31.9 Å². The SMILES string of the molecule is CCOC(=O)C1=C(C)N=C2SC=C(CC(=O)NCCN3CCOCC3)N2[C@H]1c1ccc(OC)cc1. The molecule has 0 saturated carbocycles. The number of allylic oxidation sites excluding steroid dienone is 1. The first-order valence-electron chi connectivity index (χ1n) is 11.8. The number of hydrogen-bond donors (Lipinski definition) is 1. The van der Waals surface area contributed by atoms with Gasteiger partial charge in [-0.05, 0) is 37.0 Å². The lowest BCUT2D eigenvalue weighted by atomic mass is 9.93. The van der Waals surface area contributed by atoms with E-state index < -0.39 is 12.0 Å². The van der Waals surface area contributed by atoms with Gasteiger partial charge in [-0.1, -0.05) is 23.9 Å². The predicted molar refractivity (Wildman–Crippen MR) is 135 cm³/mol. The molecular formula is C25H32N4O5S. The van der Waals surface area contributed by atoms with Gasteiger partial charge in [-0.3, -0.25) is 9.69 Å². The number of amides is 1. The summed E-state index contributed by atoms with van der Waals surface area (Å²) in [6.45, 7) is 8.49. The molecule has 188 valence electrons. The Kier molecular flexibility index (Phi) is 8.48. The molecule has 0 bridgehead atoms. The van der Waals surface area contributed by atoms with Crippen LogP contribution < -0.4 is 10.1 Å². The summed E-state index contributed by atoms with van der Waals surface area (Å²) >= 11 is 1.46. The van der Waals surface area contributed by atoms with E-state index in [1.165, 1.54) is 11.8 Å². The van der Waals surface area contributed by atoms with Gasteiger partial charge in [0.1, 0.15) is 5.75 Å². The van der Waals surface area contributed by atoms with Crippen LogP contribution in [0.5, 0.6) is 5.75 Å².